The van der Waals surface area contributed by atoms with Crippen LogP contribution >= 0.6 is 11.3 Å². The van der Waals surface area contributed by atoms with E-state index in [1.165, 1.54) is 29.1 Å². The van der Waals surface area contributed by atoms with Crippen LogP contribution in [0.4, 0.5) is 24.5 Å². The molecule has 3 saturated heterocycles. The Morgan fingerprint density at radius 2 is 1.90 bits per heavy atom. The number of likely N-dealkylation sites (tertiary alicyclic amines) is 1. The number of hydrogen-bond donors (Lipinski definition) is 3. The first-order valence-corrected chi connectivity index (χ1v) is 15.3. The van der Waals surface area contributed by atoms with E-state index in [2.05, 4.69) is 44.0 Å². The van der Waals surface area contributed by atoms with Crippen molar-refractivity contribution in [1.29, 1.82) is 0 Å². The summed E-state index contributed by atoms with van der Waals surface area (Å²) >= 11 is 1.38. The van der Waals surface area contributed by atoms with Crippen molar-refractivity contribution in [2.45, 2.75) is 56.8 Å². The van der Waals surface area contributed by atoms with E-state index in [0.717, 1.165) is 51.5 Å². The van der Waals surface area contributed by atoms with Gasteiger partial charge in [-0.3, -0.25) is 9.69 Å². The molecule has 1 amide bonds. The molecule has 41 heavy (non-hydrogen) atoms. The molecule has 3 fully saturated rings. The van der Waals surface area contributed by atoms with E-state index in [-0.39, 0.29) is 11.8 Å². The SMILES string of the molecule is CNc1c(C(=O)NCCc2ccc(N3CC4CCC(C3)N4)c(C3CCN(CC(F)(F)F)C3)c2)sc2nc(C)ccc12. The number of amides is 1. The van der Waals surface area contributed by atoms with Crippen molar-refractivity contribution in [3.05, 3.63) is 52.0 Å². The van der Waals surface area contributed by atoms with Crippen LogP contribution in [-0.4, -0.2) is 80.4 Å². The van der Waals surface area contributed by atoms with E-state index in [1.54, 1.807) is 0 Å². The second-order valence-electron chi connectivity index (χ2n) is 11.6. The fraction of sp³-hybridized carbons (Fsp3) is 0.533. The van der Waals surface area contributed by atoms with Gasteiger partial charge in [-0.2, -0.15) is 13.2 Å². The van der Waals surface area contributed by atoms with Gasteiger partial charge in [-0.25, -0.2) is 4.98 Å². The molecule has 3 aromatic rings. The van der Waals surface area contributed by atoms with Crippen LogP contribution < -0.4 is 20.9 Å². The number of hydrogen-bond acceptors (Lipinski definition) is 7. The van der Waals surface area contributed by atoms with Crippen LogP contribution in [0.3, 0.4) is 0 Å². The fourth-order valence-corrected chi connectivity index (χ4v) is 7.87. The molecule has 0 spiro atoms. The topological polar surface area (TPSA) is 72.5 Å². The highest BCUT2D eigenvalue weighted by atomic mass is 32.1. The summed E-state index contributed by atoms with van der Waals surface area (Å²) < 4.78 is 39.4. The van der Waals surface area contributed by atoms with Crippen LogP contribution in [0.25, 0.3) is 10.2 Å². The average molecular weight is 587 g/mol. The summed E-state index contributed by atoms with van der Waals surface area (Å²) in [4.78, 5) is 23.1. The Hall–Kier alpha value is -2.89. The molecule has 2 aromatic heterocycles. The van der Waals surface area contributed by atoms with Gasteiger partial charge in [0, 0.05) is 62.1 Å². The Morgan fingerprint density at radius 3 is 2.63 bits per heavy atom. The lowest BCUT2D eigenvalue weighted by atomic mass is 9.92. The molecule has 5 heterocycles. The number of aromatic nitrogens is 1. The van der Waals surface area contributed by atoms with Crippen molar-refractivity contribution >= 4 is 38.8 Å². The first kappa shape index (κ1) is 28.2. The van der Waals surface area contributed by atoms with Crippen LogP contribution in [-0.2, 0) is 6.42 Å². The predicted molar refractivity (Wildman–Crippen MR) is 158 cm³/mol. The Balaban J connectivity index is 1.18. The molecule has 3 aliphatic heterocycles. The highest BCUT2D eigenvalue weighted by molar-refractivity contribution is 7.21. The zero-order valence-electron chi connectivity index (χ0n) is 23.5. The maximum atomic E-state index is 13.1. The lowest BCUT2D eigenvalue weighted by molar-refractivity contribution is -0.143. The van der Waals surface area contributed by atoms with Crippen molar-refractivity contribution in [2.75, 3.05) is 56.5 Å². The highest BCUT2D eigenvalue weighted by Crippen LogP contribution is 2.38. The molecule has 0 aliphatic carbocycles. The number of fused-ring (bicyclic) bond motifs is 3. The van der Waals surface area contributed by atoms with E-state index in [4.69, 9.17) is 0 Å². The van der Waals surface area contributed by atoms with Gasteiger partial charge < -0.3 is 20.9 Å². The Morgan fingerprint density at radius 1 is 1.12 bits per heavy atom. The van der Waals surface area contributed by atoms with Crippen molar-refractivity contribution < 1.29 is 18.0 Å². The predicted octanol–water partition coefficient (Wildman–Crippen LogP) is 4.91. The third-order valence-electron chi connectivity index (χ3n) is 8.61. The number of halogens is 3. The number of carbonyl (C=O) groups excluding carboxylic acids is 1. The van der Waals surface area contributed by atoms with Crippen molar-refractivity contribution in [3.63, 3.8) is 0 Å². The van der Waals surface area contributed by atoms with Crippen molar-refractivity contribution in [2.24, 2.45) is 0 Å². The first-order chi connectivity index (χ1) is 19.7. The standard InChI is InChI=1S/C30H37F3N6OS/c1-18-3-7-23-26(34-2)27(41-29(23)36-18)28(40)35-11-9-19-4-8-25(39-15-21-5-6-22(16-39)37-21)24(13-19)20-10-12-38(14-20)17-30(31,32)33/h3-4,7-8,13,20-22,34,37H,5-6,9-12,14-17H2,1-2H3,(H,35,40). The van der Waals surface area contributed by atoms with Crippen LogP contribution in [0.2, 0.25) is 0 Å². The Kier molecular flexibility index (Phi) is 7.86. The molecule has 11 heteroatoms. The molecule has 3 aliphatic rings. The van der Waals surface area contributed by atoms with Gasteiger partial charge in [-0.15, -0.1) is 11.3 Å². The smallest absolute Gasteiger partial charge is 0.386 e. The molecule has 6 rings (SSSR count). The van der Waals surface area contributed by atoms with Crippen LogP contribution in [0, 0.1) is 6.92 Å². The Bertz CT molecular complexity index is 1410. The summed E-state index contributed by atoms with van der Waals surface area (Å²) in [5.74, 6) is -0.0798. The summed E-state index contributed by atoms with van der Waals surface area (Å²) in [6, 6.07) is 11.3. The molecule has 2 bridgehead atoms. The van der Waals surface area contributed by atoms with Crippen LogP contribution in [0.1, 0.15) is 51.7 Å². The lowest BCUT2D eigenvalue weighted by Gasteiger charge is -2.36. The van der Waals surface area contributed by atoms with Gasteiger partial charge in [0.25, 0.3) is 5.91 Å². The molecule has 1 aromatic carbocycles. The van der Waals surface area contributed by atoms with Gasteiger partial charge in [0.05, 0.1) is 12.2 Å². The number of thiophene rings is 1. The molecule has 3 unspecified atom stereocenters. The van der Waals surface area contributed by atoms with Gasteiger partial charge in [-0.05, 0) is 74.4 Å². The number of alkyl halides is 3. The second kappa shape index (κ2) is 11.4. The maximum Gasteiger partial charge on any atom is 0.401 e. The largest absolute Gasteiger partial charge is 0.401 e. The number of carbonyl (C=O) groups is 1. The number of pyridine rings is 1. The number of rotatable bonds is 8. The minimum absolute atomic E-state index is 0.0575. The number of aryl methyl sites for hydroxylation is 1. The molecule has 7 nitrogen and oxygen atoms in total. The van der Waals surface area contributed by atoms with E-state index in [1.807, 2.05) is 26.1 Å². The quantitative estimate of drug-likeness (QED) is 0.349. The zero-order valence-corrected chi connectivity index (χ0v) is 24.3. The minimum atomic E-state index is -4.19. The van der Waals surface area contributed by atoms with E-state index >= 15 is 0 Å². The summed E-state index contributed by atoms with van der Waals surface area (Å²) in [5.41, 5.74) is 5.07. The monoisotopic (exact) mass is 586 g/mol. The molecule has 0 radical (unpaired) electrons. The number of benzene rings is 1. The van der Waals surface area contributed by atoms with Crippen LogP contribution in [0.15, 0.2) is 30.3 Å². The molecular formula is C30H37F3N6OS. The van der Waals surface area contributed by atoms with Gasteiger partial charge in [0.2, 0.25) is 0 Å². The van der Waals surface area contributed by atoms with Crippen LogP contribution in [0.5, 0.6) is 0 Å². The normalized spacial score (nSPS) is 23.0. The Labute approximate surface area is 242 Å². The number of piperazine rings is 1. The van der Waals surface area contributed by atoms with E-state index < -0.39 is 12.7 Å². The summed E-state index contributed by atoms with van der Waals surface area (Å²) in [5, 5.41) is 10.8. The van der Waals surface area contributed by atoms with Gasteiger partial charge in [0.15, 0.2) is 0 Å². The number of nitrogens with one attached hydrogen (secondary N) is 3. The van der Waals surface area contributed by atoms with Crippen molar-refractivity contribution in [1.82, 2.24) is 20.5 Å². The lowest BCUT2D eigenvalue weighted by Crippen LogP contribution is -2.51. The molecule has 3 N–H and O–H groups in total. The highest BCUT2D eigenvalue weighted by Gasteiger charge is 2.37. The van der Waals surface area contributed by atoms with E-state index in [0.29, 0.717) is 49.4 Å². The summed E-state index contributed by atoms with van der Waals surface area (Å²) in [7, 11) is 1.81. The van der Waals surface area contributed by atoms with Crippen molar-refractivity contribution in [3.8, 4) is 0 Å². The first-order valence-electron chi connectivity index (χ1n) is 14.5. The fourth-order valence-electron chi connectivity index (χ4n) is 6.73. The average Bonchev–Trinajstić information content (AvgIpc) is 3.63. The second-order valence-corrected chi connectivity index (χ2v) is 12.6. The minimum Gasteiger partial charge on any atom is -0.386 e. The summed E-state index contributed by atoms with van der Waals surface area (Å²) in [6.07, 6.45) is -0.494. The van der Waals surface area contributed by atoms with Gasteiger partial charge in [-0.1, -0.05) is 12.1 Å². The maximum absolute atomic E-state index is 13.1. The zero-order chi connectivity index (χ0) is 28.7. The molecule has 3 atom stereocenters. The third-order valence-corrected chi connectivity index (χ3v) is 9.71. The summed E-state index contributed by atoms with van der Waals surface area (Å²) in [6.45, 7) is 4.26. The molecule has 0 saturated carbocycles. The van der Waals surface area contributed by atoms with Gasteiger partial charge in [0.1, 0.15) is 9.71 Å². The molecule has 220 valence electrons. The van der Waals surface area contributed by atoms with Gasteiger partial charge >= 0.3 is 6.18 Å². The van der Waals surface area contributed by atoms with E-state index in [9.17, 15) is 18.0 Å². The number of nitrogens with zero attached hydrogens (tertiary/aromatic N) is 3. The third kappa shape index (κ3) is 6.17. The number of anilines is 2. The molecular weight excluding hydrogens is 549 g/mol.